The number of fused-ring (bicyclic) bond motifs is 1. The summed E-state index contributed by atoms with van der Waals surface area (Å²) in [6.45, 7) is 6.91. The normalized spacial score (nSPS) is 18.1. The molecule has 8 heteroatoms. The minimum atomic E-state index is -0.931. The van der Waals surface area contributed by atoms with Crippen molar-refractivity contribution < 1.29 is 19.4 Å². The molecule has 134 valence electrons. The van der Waals surface area contributed by atoms with Gasteiger partial charge in [-0.1, -0.05) is 0 Å². The first kappa shape index (κ1) is 17.3. The number of rotatable bonds is 4. The maximum absolute atomic E-state index is 12.9. The fraction of sp³-hybridized carbons (Fsp3) is 0.529. The van der Waals surface area contributed by atoms with Crippen LogP contribution < -0.4 is 0 Å². The van der Waals surface area contributed by atoms with E-state index < -0.39 is 12.1 Å². The van der Waals surface area contributed by atoms with Crippen molar-refractivity contribution in [2.45, 2.75) is 39.3 Å². The number of aryl methyl sites for hydroxylation is 1. The van der Waals surface area contributed by atoms with Gasteiger partial charge in [-0.15, -0.1) is 0 Å². The van der Waals surface area contributed by atoms with Gasteiger partial charge in [0.15, 0.2) is 5.65 Å². The van der Waals surface area contributed by atoms with Crippen molar-refractivity contribution in [2.75, 3.05) is 19.7 Å². The van der Waals surface area contributed by atoms with Gasteiger partial charge in [0.1, 0.15) is 0 Å². The molecule has 1 fully saturated rings. The first-order valence-corrected chi connectivity index (χ1v) is 8.34. The van der Waals surface area contributed by atoms with Gasteiger partial charge in [0.05, 0.1) is 36.6 Å². The smallest absolute Gasteiger partial charge is 0.306 e. The summed E-state index contributed by atoms with van der Waals surface area (Å²) in [5.41, 5.74) is 1.92. The van der Waals surface area contributed by atoms with Gasteiger partial charge in [0.2, 0.25) is 0 Å². The fourth-order valence-corrected chi connectivity index (χ4v) is 3.05. The van der Waals surface area contributed by atoms with Crippen molar-refractivity contribution in [3.05, 3.63) is 23.5 Å². The third-order valence-electron chi connectivity index (χ3n) is 4.31. The van der Waals surface area contributed by atoms with Gasteiger partial charge in [-0.25, -0.2) is 9.67 Å². The average Bonchev–Trinajstić information content (AvgIpc) is 2.96. The average molecular weight is 346 g/mol. The lowest BCUT2D eigenvalue weighted by atomic mass is 10.1. The van der Waals surface area contributed by atoms with Gasteiger partial charge in [0, 0.05) is 24.5 Å². The predicted octanol–water partition coefficient (Wildman–Crippen LogP) is 1.64. The zero-order chi connectivity index (χ0) is 18.1. The monoisotopic (exact) mass is 346 g/mol. The van der Waals surface area contributed by atoms with E-state index in [1.807, 2.05) is 24.6 Å². The van der Waals surface area contributed by atoms with E-state index in [0.29, 0.717) is 24.4 Å². The van der Waals surface area contributed by atoms with Crippen LogP contribution in [-0.4, -0.2) is 62.4 Å². The number of hydrogen-bond acceptors (Lipinski definition) is 5. The second-order valence-corrected chi connectivity index (χ2v) is 6.56. The van der Waals surface area contributed by atoms with E-state index in [1.165, 1.54) is 0 Å². The van der Waals surface area contributed by atoms with E-state index in [9.17, 15) is 9.59 Å². The zero-order valence-corrected chi connectivity index (χ0v) is 14.6. The van der Waals surface area contributed by atoms with Crippen LogP contribution in [0.15, 0.2) is 12.3 Å². The second-order valence-electron chi connectivity index (χ2n) is 6.56. The van der Waals surface area contributed by atoms with Crippen LogP contribution in [0.25, 0.3) is 11.0 Å². The molecule has 25 heavy (non-hydrogen) atoms. The number of nitrogens with zero attached hydrogens (tertiary/aromatic N) is 4. The molecule has 0 spiro atoms. The van der Waals surface area contributed by atoms with Gasteiger partial charge in [-0.3, -0.25) is 9.59 Å². The summed E-state index contributed by atoms with van der Waals surface area (Å²) in [6, 6.07) is 2.00. The highest BCUT2D eigenvalue weighted by Gasteiger charge is 2.28. The van der Waals surface area contributed by atoms with Crippen LogP contribution in [0.4, 0.5) is 0 Å². The summed E-state index contributed by atoms with van der Waals surface area (Å²) < 4.78 is 7.26. The molecular weight excluding hydrogens is 324 g/mol. The molecule has 0 aliphatic carbocycles. The summed E-state index contributed by atoms with van der Waals surface area (Å²) in [7, 11) is 0. The minimum Gasteiger partial charge on any atom is -0.481 e. The number of pyridine rings is 1. The quantitative estimate of drug-likeness (QED) is 0.904. The molecule has 1 unspecified atom stereocenters. The number of carbonyl (C=O) groups is 2. The number of aromatic nitrogens is 3. The second kappa shape index (κ2) is 6.79. The number of amides is 1. The molecule has 0 aromatic carbocycles. The van der Waals surface area contributed by atoms with Gasteiger partial charge in [-0.05, 0) is 26.8 Å². The third kappa shape index (κ3) is 3.48. The maximum Gasteiger partial charge on any atom is 0.306 e. The molecule has 1 aliphatic heterocycles. The Balaban J connectivity index is 1.86. The van der Waals surface area contributed by atoms with Crippen LogP contribution in [0.3, 0.4) is 0 Å². The molecule has 0 bridgehead atoms. The molecule has 1 aliphatic rings. The number of morpholine rings is 1. The summed E-state index contributed by atoms with van der Waals surface area (Å²) in [6.07, 6.45) is 1.13. The number of ether oxygens (including phenoxy) is 1. The van der Waals surface area contributed by atoms with Crippen molar-refractivity contribution in [1.29, 1.82) is 0 Å². The molecule has 1 amide bonds. The van der Waals surface area contributed by atoms with Crippen LogP contribution >= 0.6 is 0 Å². The van der Waals surface area contributed by atoms with Crippen LogP contribution in [0.5, 0.6) is 0 Å². The van der Waals surface area contributed by atoms with Gasteiger partial charge in [0.25, 0.3) is 5.91 Å². The van der Waals surface area contributed by atoms with Crippen molar-refractivity contribution in [3.8, 4) is 0 Å². The number of carboxylic acids is 1. The van der Waals surface area contributed by atoms with Crippen molar-refractivity contribution in [1.82, 2.24) is 19.7 Å². The number of aliphatic carboxylic acids is 1. The number of carboxylic acid groups (broad SMARTS) is 1. The Bertz CT molecular complexity index is 814. The first-order valence-electron chi connectivity index (χ1n) is 8.34. The Hall–Kier alpha value is -2.48. The fourth-order valence-electron chi connectivity index (χ4n) is 3.05. The molecule has 3 heterocycles. The highest BCUT2D eigenvalue weighted by Crippen LogP contribution is 2.21. The van der Waals surface area contributed by atoms with Gasteiger partial charge >= 0.3 is 5.97 Å². The molecule has 1 atom stereocenters. The SMILES string of the molecule is Cc1nc2c(cnn2C(C)C)cc1C(=O)N1CCOC(CC(=O)O)C1. The van der Waals surface area contributed by atoms with E-state index in [1.54, 1.807) is 18.0 Å². The lowest BCUT2D eigenvalue weighted by molar-refractivity contribution is -0.141. The predicted molar refractivity (Wildman–Crippen MR) is 90.5 cm³/mol. The van der Waals surface area contributed by atoms with E-state index in [0.717, 1.165) is 11.0 Å². The molecule has 8 nitrogen and oxygen atoms in total. The molecular formula is C17H22N4O4. The van der Waals surface area contributed by atoms with Crippen molar-refractivity contribution in [3.63, 3.8) is 0 Å². The van der Waals surface area contributed by atoms with Crippen molar-refractivity contribution >= 4 is 22.9 Å². The van der Waals surface area contributed by atoms with Gasteiger partial charge in [-0.2, -0.15) is 5.10 Å². The highest BCUT2D eigenvalue weighted by molar-refractivity contribution is 5.98. The summed E-state index contributed by atoms with van der Waals surface area (Å²) in [4.78, 5) is 30.0. The largest absolute Gasteiger partial charge is 0.481 e. The Morgan fingerprint density at radius 2 is 2.20 bits per heavy atom. The topological polar surface area (TPSA) is 97.5 Å². The van der Waals surface area contributed by atoms with Crippen LogP contribution in [0, 0.1) is 6.92 Å². The highest BCUT2D eigenvalue weighted by atomic mass is 16.5. The standard InChI is InChI=1S/C17H22N4O4/c1-10(2)21-16-12(8-18-21)6-14(11(3)19-16)17(24)20-4-5-25-13(9-20)7-15(22)23/h6,8,10,13H,4-5,7,9H2,1-3H3,(H,22,23). The molecule has 0 saturated carbocycles. The third-order valence-corrected chi connectivity index (χ3v) is 4.31. The Morgan fingerprint density at radius 3 is 2.88 bits per heavy atom. The number of hydrogen-bond donors (Lipinski definition) is 1. The van der Waals surface area contributed by atoms with E-state index >= 15 is 0 Å². The lowest BCUT2D eigenvalue weighted by Crippen LogP contribution is -2.46. The Labute approximate surface area is 145 Å². The summed E-state index contributed by atoms with van der Waals surface area (Å²) in [5.74, 6) is -1.08. The van der Waals surface area contributed by atoms with Crippen LogP contribution in [0.2, 0.25) is 0 Å². The molecule has 2 aromatic heterocycles. The van der Waals surface area contributed by atoms with E-state index in [2.05, 4.69) is 10.1 Å². The summed E-state index contributed by atoms with van der Waals surface area (Å²) in [5, 5.41) is 14.1. The van der Waals surface area contributed by atoms with Crippen LogP contribution in [0.1, 0.15) is 42.4 Å². The van der Waals surface area contributed by atoms with E-state index in [4.69, 9.17) is 9.84 Å². The first-order chi connectivity index (χ1) is 11.9. The van der Waals surface area contributed by atoms with E-state index in [-0.39, 0.29) is 24.9 Å². The van der Waals surface area contributed by atoms with Crippen LogP contribution in [-0.2, 0) is 9.53 Å². The lowest BCUT2D eigenvalue weighted by Gasteiger charge is -2.32. The molecule has 1 N–H and O–H groups in total. The molecule has 0 radical (unpaired) electrons. The number of carbonyl (C=O) groups excluding carboxylic acids is 1. The Kier molecular flexibility index (Phi) is 4.71. The maximum atomic E-state index is 12.9. The van der Waals surface area contributed by atoms with Gasteiger partial charge < -0.3 is 14.7 Å². The zero-order valence-electron chi connectivity index (χ0n) is 14.6. The summed E-state index contributed by atoms with van der Waals surface area (Å²) >= 11 is 0. The van der Waals surface area contributed by atoms with Crippen molar-refractivity contribution in [2.24, 2.45) is 0 Å². The molecule has 2 aromatic rings. The minimum absolute atomic E-state index is 0.110. The molecule has 1 saturated heterocycles. The Morgan fingerprint density at radius 1 is 1.44 bits per heavy atom. The molecule has 3 rings (SSSR count).